The van der Waals surface area contributed by atoms with Crippen LogP contribution in [0.15, 0.2) is 15.2 Å². The molecule has 1 rings (SSSR count). The van der Waals surface area contributed by atoms with E-state index >= 15 is 0 Å². The van der Waals surface area contributed by atoms with Crippen molar-refractivity contribution in [2.24, 2.45) is 5.73 Å². The molecule has 0 aliphatic carbocycles. The molecule has 2 N–H and O–H groups in total. The van der Waals surface area contributed by atoms with E-state index in [-0.39, 0.29) is 5.56 Å². The summed E-state index contributed by atoms with van der Waals surface area (Å²) in [5.74, 6) is -1.55. The van der Waals surface area contributed by atoms with Crippen LogP contribution in [0.2, 0.25) is 0 Å². The highest BCUT2D eigenvalue weighted by Crippen LogP contribution is 2.36. The van der Waals surface area contributed by atoms with Crippen LogP contribution in [0, 0.1) is 0 Å². The first kappa shape index (κ1) is 11.0. The third kappa shape index (κ3) is 2.69. The van der Waals surface area contributed by atoms with Crippen LogP contribution < -0.4 is 5.73 Å². The van der Waals surface area contributed by atoms with Gasteiger partial charge in [0.25, 0.3) is 0 Å². The van der Waals surface area contributed by atoms with E-state index in [2.05, 4.69) is 15.9 Å². The van der Waals surface area contributed by atoms with Crippen molar-refractivity contribution in [2.75, 3.05) is 6.54 Å². The molecular weight excluding hydrogens is 267 g/mol. The van der Waals surface area contributed by atoms with Crippen LogP contribution in [0.3, 0.4) is 0 Å². The Bertz CT molecular complexity index is 284. The average molecular weight is 274 g/mol. The number of rotatable bonds is 2. The third-order valence-electron chi connectivity index (χ3n) is 1.62. The summed E-state index contributed by atoms with van der Waals surface area (Å²) >= 11 is 4.33. The summed E-state index contributed by atoms with van der Waals surface area (Å²) in [6.45, 7) is -0.410. The van der Waals surface area contributed by atoms with Gasteiger partial charge in [-0.05, 0) is 32.9 Å². The highest BCUT2D eigenvalue weighted by molar-refractivity contribution is 9.11. The zero-order chi connectivity index (χ0) is 10.1. The number of thiophene rings is 1. The lowest BCUT2D eigenvalue weighted by Crippen LogP contribution is -2.27. The van der Waals surface area contributed by atoms with E-state index in [1.165, 1.54) is 22.8 Å². The maximum absolute atomic E-state index is 12.3. The number of hydrogen-bond acceptors (Lipinski definition) is 2. The molecule has 1 aromatic rings. The van der Waals surface area contributed by atoms with E-state index in [1.807, 2.05) is 0 Å². The maximum atomic E-state index is 12.3. The molecule has 0 saturated heterocycles. The highest BCUT2D eigenvalue weighted by atomic mass is 79.9. The second-order valence-electron chi connectivity index (χ2n) is 2.51. The summed E-state index contributed by atoms with van der Waals surface area (Å²) in [6, 6.07) is 1.45. The van der Waals surface area contributed by atoms with Crippen molar-refractivity contribution in [3.63, 3.8) is 0 Å². The van der Waals surface area contributed by atoms with Crippen molar-refractivity contribution in [3.05, 3.63) is 20.8 Å². The highest BCUT2D eigenvalue weighted by Gasteiger charge is 2.39. The van der Waals surface area contributed by atoms with Gasteiger partial charge in [-0.3, -0.25) is 0 Å². The Morgan fingerprint density at radius 3 is 2.46 bits per heavy atom. The summed E-state index contributed by atoms with van der Waals surface area (Å²) in [4.78, 5) is 0. The number of hydrogen-bond donors (Lipinski definition) is 1. The largest absolute Gasteiger partial charge is 0.396 e. The van der Waals surface area contributed by atoms with Crippen LogP contribution >= 0.6 is 27.3 Å². The molecule has 0 spiro atoms. The second-order valence-corrected chi connectivity index (χ2v) is 4.80. The van der Waals surface area contributed by atoms with Crippen molar-refractivity contribution >= 4 is 27.3 Å². The summed E-state index contributed by atoms with van der Waals surface area (Å²) in [5, 5.41) is 1.47. The predicted octanol–water partition coefficient (Wildman–Crippen LogP) is 3.12. The van der Waals surface area contributed by atoms with Crippen LogP contribution in [0.1, 0.15) is 11.5 Å². The van der Waals surface area contributed by atoms with Crippen molar-refractivity contribution in [1.29, 1.82) is 0 Å². The van der Waals surface area contributed by atoms with Gasteiger partial charge in [-0.1, -0.05) is 0 Å². The summed E-state index contributed by atoms with van der Waals surface area (Å²) in [6.07, 6.45) is -4.25. The van der Waals surface area contributed by atoms with E-state index in [1.54, 1.807) is 0 Å². The molecule has 0 aliphatic rings. The lowest BCUT2D eigenvalue weighted by Gasteiger charge is -2.16. The Morgan fingerprint density at radius 2 is 2.15 bits per heavy atom. The zero-order valence-electron chi connectivity index (χ0n) is 6.44. The van der Waals surface area contributed by atoms with Crippen LogP contribution in [0.5, 0.6) is 0 Å². The molecule has 6 heteroatoms. The lowest BCUT2D eigenvalue weighted by atomic mass is 10.0. The number of alkyl halides is 3. The molecule has 1 heterocycles. The van der Waals surface area contributed by atoms with Crippen molar-refractivity contribution in [3.8, 4) is 0 Å². The Hall–Kier alpha value is -0.0700. The first-order chi connectivity index (χ1) is 5.95. The van der Waals surface area contributed by atoms with E-state index in [0.717, 1.165) is 0 Å². The molecule has 74 valence electrons. The first-order valence-corrected chi connectivity index (χ1v) is 5.13. The SMILES string of the molecule is NCC(c1csc(Br)c1)C(F)(F)F. The van der Waals surface area contributed by atoms with E-state index < -0.39 is 18.6 Å². The summed E-state index contributed by atoms with van der Waals surface area (Å²) < 4.78 is 37.7. The second kappa shape index (κ2) is 3.98. The van der Waals surface area contributed by atoms with Gasteiger partial charge in [0, 0.05) is 6.54 Å². The molecule has 0 saturated carbocycles. The van der Waals surface area contributed by atoms with Gasteiger partial charge in [0.05, 0.1) is 9.70 Å². The molecule has 1 atom stereocenters. The normalized spacial score (nSPS) is 14.5. The molecule has 0 aliphatic heterocycles. The van der Waals surface area contributed by atoms with Gasteiger partial charge in [-0.2, -0.15) is 13.2 Å². The van der Waals surface area contributed by atoms with Gasteiger partial charge in [0.15, 0.2) is 0 Å². The van der Waals surface area contributed by atoms with Crippen LogP contribution in [0.25, 0.3) is 0 Å². The van der Waals surface area contributed by atoms with Gasteiger partial charge < -0.3 is 5.73 Å². The summed E-state index contributed by atoms with van der Waals surface area (Å²) in [7, 11) is 0. The Kier molecular flexibility index (Phi) is 3.37. The van der Waals surface area contributed by atoms with Gasteiger partial charge in [-0.25, -0.2) is 0 Å². The average Bonchev–Trinajstić information content (AvgIpc) is 2.34. The molecule has 13 heavy (non-hydrogen) atoms. The van der Waals surface area contributed by atoms with E-state index in [0.29, 0.717) is 3.79 Å². The van der Waals surface area contributed by atoms with Gasteiger partial charge in [-0.15, -0.1) is 11.3 Å². The molecule has 1 unspecified atom stereocenters. The van der Waals surface area contributed by atoms with Gasteiger partial charge in [0.2, 0.25) is 0 Å². The molecule has 0 bridgehead atoms. The first-order valence-electron chi connectivity index (χ1n) is 3.46. The number of nitrogens with two attached hydrogens (primary N) is 1. The standard InChI is InChI=1S/C7H7BrF3NS/c8-6-1-4(3-13-6)5(2-12)7(9,10)11/h1,3,5H,2,12H2. The maximum Gasteiger partial charge on any atom is 0.396 e. The predicted molar refractivity (Wildman–Crippen MR) is 49.9 cm³/mol. The quantitative estimate of drug-likeness (QED) is 0.881. The molecule has 0 amide bonds. The van der Waals surface area contributed by atoms with Crippen molar-refractivity contribution in [2.45, 2.75) is 12.1 Å². The Labute approximate surface area is 85.9 Å². The molecule has 0 fully saturated rings. The third-order valence-corrected chi connectivity index (χ3v) is 3.14. The Morgan fingerprint density at radius 1 is 1.54 bits per heavy atom. The topological polar surface area (TPSA) is 26.0 Å². The minimum atomic E-state index is -4.25. The van der Waals surface area contributed by atoms with Gasteiger partial charge in [0.1, 0.15) is 0 Å². The minimum absolute atomic E-state index is 0.229. The zero-order valence-corrected chi connectivity index (χ0v) is 8.84. The fourth-order valence-electron chi connectivity index (χ4n) is 0.965. The smallest absolute Gasteiger partial charge is 0.330 e. The van der Waals surface area contributed by atoms with Crippen LogP contribution in [-0.2, 0) is 0 Å². The van der Waals surface area contributed by atoms with E-state index in [9.17, 15) is 13.2 Å². The lowest BCUT2D eigenvalue weighted by molar-refractivity contribution is -0.148. The molecule has 0 radical (unpaired) electrons. The molecule has 1 nitrogen and oxygen atoms in total. The van der Waals surface area contributed by atoms with Crippen molar-refractivity contribution < 1.29 is 13.2 Å². The Balaban J connectivity index is 2.91. The van der Waals surface area contributed by atoms with E-state index in [4.69, 9.17) is 5.73 Å². The van der Waals surface area contributed by atoms with Gasteiger partial charge >= 0.3 is 6.18 Å². The molecular formula is C7H7BrF3NS. The van der Waals surface area contributed by atoms with Crippen LogP contribution in [-0.4, -0.2) is 12.7 Å². The van der Waals surface area contributed by atoms with Crippen LogP contribution in [0.4, 0.5) is 13.2 Å². The number of halogens is 4. The molecule has 1 aromatic heterocycles. The fraction of sp³-hybridized carbons (Fsp3) is 0.429. The molecule has 0 aromatic carbocycles. The summed E-state index contributed by atoms with van der Waals surface area (Å²) in [5.41, 5.74) is 5.30. The monoisotopic (exact) mass is 273 g/mol. The fourth-order valence-corrected chi connectivity index (χ4v) is 2.19. The minimum Gasteiger partial charge on any atom is -0.330 e. The van der Waals surface area contributed by atoms with Crippen molar-refractivity contribution in [1.82, 2.24) is 0 Å².